The van der Waals surface area contributed by atoms with E-state index in [9.17, 15) is 4.79 Å². The van der Waals surface area contributed by atoms with Gasteiger partial charge in [-0.3, -0.25) is 4.79 Å². The van der Waals surface area contributed by atoms with E-state index in [-0.39, 0.29) is 5.91 Å². The Hall–Kier alpha value is -1.16. The van der Waals surface area contributed by atoms with Crippen molar-refractivity contribution in [3.8, 4) is 0 Å². The summed E-state index contributed by atoms with van der Waals surface area (Å²) in [6.07, 6.45) is 6.63. The number of thioether (sulfide) groups is 1. The van der Waals surface area contributed by atoms with Crippen LogP contribution < -0.4 is 10.6 Å². The molecule has 118 valence electrons. The molecule has 0 aliphatic rings. The van der Waals surface area contributed by atoms with Gasteiger partial charge in [-0.2, -0.15) is 11.8 Å². The van der Waals surface area contributed by atoms with Crippen LogP contribution in [-0.2, 0) is 0 Å². The molecule has 0 aromatic heterocycles. The summed E-state index contributed by atoms with van der Waals surface area (Å²) in [4.78, 5) is 12.3. The van der Waals surface area contributed by atoms with Gasteiger partial charge in [0.05, 0.1) is 5.56 Å². The van der Waals surface area contributed by atoms with Crippen molar-refractivity contribution in [1.29, 1.82) is 0 Å². The summed E-state index contributed by atoms with van der Waals surface area (Å²) in [7, 11) is 0. The molecule has 4 heteroatoms. The summed E-state index contributed by atoms with van der Waals surface area (Å²) in [6.45, 7) is 5.81. The molecule has 21 heavy (non-hydrogen) atoms. The molecule has 0 fully saturated rings. The number of nitrogens with one attached hydrogen (secondary N) is 2. The molecule has 0 heterocycles. The zero-order valence-electron chi connectivity index (χ0n) is 13.5. The maximum absolute atomic E-state index is 12.3. The van der Waals surface area contributed by atoms with Gasteiger partial charge < -0.3 is 10.6 Å². The van der Waals surface area contributed by atoms with E-state index in [4.69, 9.17) is 0 Å². The summed E-state index contributed by atoms with van der Waals surface area (Å²) in [5, 5.41) is 6.37. The Morgan fingerprint density at radius 2 is 2.00 bits per heavy atom. The molecule has 3 nitrogen and oxygen atoms in total. The largest absolute Gasteiger partial charge is 0.384 e. The molecule has 0 radical (unpaired) electrons. The predicted molar refractivity (Wildman–Crippen MR) is 94.5 cm³/mol. The molecule has 0 atom stereocenters. The first-order valence-corrected chi connectivity index (χ1v) is 9.20. The number of anilines is 1. The first kappa shape index (κ1) is 17.9. The zero-order chi connectivity index (χ0) is 15.5. The first-order chi connectivity index (χ1) is 10.2. The molecule has 2 N–H and O–H groups in total. The fraction of sp³-hybridized carbons (Fsp3) is 0.588. The highest BCUT2D eigenvalue weighted by Crippen LogP contribution is 2.17. The third kappa shape index (κ3) is 6.89. The van der Waals surface area contributed by atoms with Crippen molar-refractivity contribution in [2.45, 2.75) is 39.5 Å². The van der Waals surface area contributed by atoms with Gasteiger partial charge in [-0.25, -0.2) is 0 Å². The van der Waals surface area contributed by atoms with Crippen LogP contribution in [0.3, 0.4) is 0 Å². The molecule has 1 aromatic carbocycles. The highest BCUT2D eigenvalue weighted by atomic mass is 32.2. The Labute approximate surface area is 133 Å². The Morgan fingerprint density at radius 1 is 1.19 bits per heavy atom. The fourth-order valence-corrected chi connectivity index (χ4v) is 2.60. The lowest BCUT2D eigenvalue weighted by Gasteiger charge is -2.12. The monoisotopic (exact) mass is 308 g/mol. The lowest BCUT2D eigenvalue weighted by atomic mass is 10.1. The molecule has 0 unspecified atom stereocenters. The van der Waals surface area contributed by atoms with E-state index in [1.165, 1.54) is 24.2 Å². The van der Waals surface area contributed by atoms with Crippen molar-refractivity contribution >= 4 is 23.4 Å². The molecule has 0 aliphatic heterocycles. The van der Waals surface area contributed by atoms with Gasteiger partial charge in [-0.15, -0.1) is 0 Å². The maximum Gasteiger partial charge on any atom is 0.253 e. The van der Waals surface area contributed by atoms with Crippen molar-refractivity contribution in [2.24, 2.45) is 0 Å². The van der Waals surface area contributed by atoms with Gasteiger partial charge in [0.25, 0.3) is 5.91 Å². The molecule has 0 bridgehead atoms. The number of carbonyl (C=O) groups excluding carboxylic acids is 1. The fourth-order valence-electron chi connectivity index (χ4n) is 2.11. The average molecular weight is 308 g/mol. The summed E-state index contributed by atoms with van der Waals surface area (Å²) in [5.41, 5.74) is 2.86. The van der Waals surface area contributed by atoms with E-state index in [2.05, 4.69) is 23.8 Å². The second-order valence-electron chi connectivity index (χ2n) is 5.29. The van der Waals surface area contributed by atoms with Crippen LogP contribution in [0.2, 0.25) is 0 Å². The lowest BCUT2D eigenvalue weighted by Crippen LogP contribution is -2.25. The van der Waals surface area contributed by atoms with Gasteiger partial charge in [0.15, 0.2) is 0 Å². The van der Waals surface area contributed by atoms with Gasteiger partial charge in [0.2, 0.25) is 0 Å². The van der Waals surface area contributed by atoms with Crippen LogP contribution in [0.15, 0.2) is 18.2 Å². The van der Waals surface area contributed by atoms with Gasteiger partial charge in [-0.05, 0) is 55.9 Å². The van der Waals surface area contributed by atoms with Crippen molar-refractivity contribution in [3.05, 3.63) is 29.3 Å². The van der Waals surface area contributed by atoms with Crippen LogP contribution in [0.5, 0.6) is 0 Å². The van der Waals surface area contributed by atoms with Crippen molar-refractivity contribution < 1.29 is 4.79 Å². The number of carbonyl (C=O) groups is 1. The van der Waals surface area contributed by atoms with Crippen LogP contribution in [0.25, 0.3) is 0 Å². The molecule has 1 amide bonds. The minimum absolute atomic E-state index is 0.0264. The Morgan fingerprint density at radius 3 is 2.71 bits per heavy atom. The number of unbranched alkanes of at least 4 members (excludes halogenated alkanes) is 2. The number of hydrogen-bond acceptors (Lipinski definition) is 3. The van der Waals surface area contributed by atoms with Crippen LogP contribution in [0, 0.1) is 6.92 Å². The van der Waals surface area contributed by atoms with Gasteiger partial charge in [0.1, 0.15) is 0 Å². The smallest absolute Gasteiger partial charge is 0.253 e. The van der Waals surface area contributed by atoms with E-state index in [0.717, 1.165) is 37.2 Å². The van der Waals surface area contributed by atoms with E-state index in [0.29, 0.717) is 0 Å². The number of hydrogen-bond donors (Lipinski definition) is 2. The number of amides is 1. The predicted octanol–water partition coefficient (Wildman–Crippen LogP) is 4.08. The third-order valence-corrected chi connectivity index (χ3v) is 3.99. The minimum Gasteiger partial charge on any atom is -0.384 e. The molecule has 1 rings (SSSR count). The molecular weight excluding hydrogens is 280 g/mol. The summed E-state index contributed by atoms with van der Waals surface area (Å²) >= 11 is 1.88. The molecule has 1 aromatic rings. The van der Waals surface area contributed by atoms with E-state index >= 15 is 0 Å². The number of aryl methyl sites for hydroxylation is 1. The van der Waals surface area contributed by atoms with Crippen molar-refractivity contribution in [1.82, 2.24) is 5.32 Å². The molecule has 0 saturated heterocycles. The summed E-state index contributed by atoms with van der Waals surface area (Å²) < 4.78 is 0. The van der Waals surface area contributed by atoms with Crippen LogP contribution in [0.4, 0.5) is 5.69 Å². The highest BCUT2D eigenvalue weighted by Gasteiger charge is 2.10. The minimum atomic E-state index is 0.0264. The van der Waals surface area contributed by atoms with E-state index in [1.807, 2.05) is 36.9 Å². The summed E-state index contributed by atoms with van der Waals surface area (Å²) in [6, 6.07) is 5.95. The number of benzene rings is 1. The lowest BCUT2D eigenvalue weighted by molar-refractivity contribution is 0.0954. The second kappa shape index (κ2) is 10.6. The summed E-state index contributed by atoms with van der Waals surface area (Å²) in [5.74, 6) is 1.23. The van der Waals surface area contributed by atoms with Gasteiger partial charge >= 0.3 is 0 Å². The van der Waals surface area contributed by atoms with Gasteiger partial charge in [-0.1, -0.05) is 19.4 Å². The van der Waals surface area contributed by atoms with Crippen molar-refractivity contribution in [3.63, 3.8) is 0 Å². The van der Waals surface area contributed by atoms with Crippen LogP contribution in [0.1, 0.15) is 48.5 Å². The highest BCUT2D eigenvalue weighted by molar-refractivity contribution is 7.98. The van der Waals surface area contributed by atoms with E-state index in [1.54, 1.807) is 0 Å². The second-order valence-corrected chi connectivity index (χ2v) is 6.27. The molecular formula is C17H28N2OS. The first-order valence-electron chi connectivity index (χ1n) is 7.80. The topological polar surface area (TPSA) is 41.1 Å². The quantitative estimate of drug-likeness (QED) is 0.640. The zero-order valence-corrected chi connectivity index (χ0v) is 14.3. The van der Waals surface area contributed by atoms with Crippen LogP contribution in [-0.4, -0.2) is 31.0 Å². The van der Waals surface area contributed by atoms with Gasteiger partial charge in [0, 0.05) is 18.8 Å². The van der Waals surface area contributed by atoms with E-state index < -0.39 is 0 Å². The molecule has 0 saturated carbocycles. The van der Waals surface area contributed by atoms with Crippen molar-refractivity contribution in [2.75, 3.05) is 30.4 Å². The Kier molecular flexibility index (Phi) is 8.99. The molecule has 0 spiro atoms. The standard InChI is InChI=1S/C17H28N2OS/c1-4-10-18-16-13-14(2)8-9-15(16)17(20)19-11-6-5-7-12-21-3/h8-9,13,18H,4-7,10-12H2,1-3H3,(H,19,20). The average Bonchev–Trinajstić information content (AvgIpc) is 2.48. The Balaban J connectivity index is 2.48. The maximum atomic E-state index is 12.3. The SMILES string of the molecule is CCCNc1cc(C)ccc1C(=O)NCCCCCSC. The Bertz CT molecular complexity index is 435. The third-order valence-electron chi connectivity index (χ3n) is 3.30. The molecule has 0 aliphatic carbocycles. The number of rotatable bonds is 10. The van der Waals surface area contributed by atoms with Crippen LogP contribution >= 0.6 is 11.8 Å². The normalized spacial score (nSPS) is 10.4.